The van der Waals surface area contributed by atoms with Crippen molar-refractivity contribution in [1.29, 1.82) is 0 Å². The van der Waals surface area contributed by atoms with Crippen LogP contribution in [0.4, 0.5) is 11.4 Å². The van der Waals surface area contributed by atoms with E-state index in [0.717, 1.165) is 68.3 Å². The summed E-state index contributed by atoms with van der Waals surface area (Å²) < 4.78 is 11.3. The Balaban J connectivity index is 1.22. The van der Waals surface area contributed by atoms with Gasteiger partial charge in [-0.2, -0.15) is 0 Å². The zero-order valence-corrected chi connectivity index (χ0v) is 22.4. The Hall–Kier alpha value is -2.48. The van der Waals surface area contributed by atoms with Crippen molar-refractivity contribution in [2.24, 2.45) is 0 Å². The molecule has 0 aromatic heterocycles. The van der Waals surface area contributed by atoms with E-state index in [2.05, 4.69) is 9.80 Å². The smallest absolute Gasteiger partial charge is 0.304 e. The molecule has 4 rings (SSSR count). The molecule has 1 unspecified atom stereocenters. The molecule has 1 amide bonds. The number of anilines is 2. The van der Waals surface area contributed by atoms with E-state index in [9.17, 15) is 9.59 Å². The number of piperazine rings is 1. The Bertz CT molecular complexity index is 1090. The molecule has 9 heteroatoms. The summed E-state index contributed by atoms with van der Waals surface area (Å²) in [5, 5.41) is 1.22. The van der Waals surface area contributed by atoms with Gasteiger partial charge in [0.05, 0.1) is 28.0 Å². The molecule has 1 saturated heterocycles. The summed E-state index contributed by atoms with van der Waals surface area (Å²) in [6.07, 6.45) is 2.40. The van der Waals surface area contributed by atoms with E-state index in [1.54, 1.807) is 11.8 Å². The summed E-state index contributed by atoms with van der Waals surface area (Å²) in [6, 6.07) is 11.6. The average molecular weight is 534 g/mol. The van der Waals surface area contributed by atoms with E-state index in [0.29, 0.717) is 29.5 Å². The molecule has 2 aromatic carbocycles. The highest BCUT2D eigenvalue weighted by Gasteiger charge is 2.30. The highest BCUT2D eigenvalue weighted by molar-refractivity contribution is 6.43. The van der Waals surface area contributed by atoms with E-state index in [4.69, 9.17) is 32.7 Å². The zero-order valence-electron chi connectivity index (χ0n) is 20.8. The van der Waals surface area contributed by atoms with Crippen molar-refractivity contribution >= 4 is 46.5 Å². The number of fused-ring (bicyclic) bond motifs is 1. The van der Waals surface area contributed by atoms with Crippen molar-refractivity contribution < 1.29 is 19.1 Å². The molecule has 0 N–H and O–H groups in total. The number of hydrogen-bond acceptors (Lipinski definition) is 6. The molecule has 36 heavy (non-hydrogen) atoms. The molecular weight excluding hydrogens is 501 g/mol. The van der Waals surface area contributed by atoms with Crippen molar-refractivity contribution in [3.63, 3.8) is 0 Å². The third-order valence-corrected chi connectivity index (χ3v) is 7.48. The first-order chi connectivity index (χ1) is 17.3. The summed E-state index contributed by atoms with van der Waals surface area (Å²) in [7, 11) is 0. The molecule has 0 spiro atoms. The van der Waals surface area contributed by atoms with Crippen molar-refractivity contribution in [3.05, 3.63) is 52.0 Å². The van der Waals surface area contributed by atoms with Crippen molar-refractivity contribution in [2.45, 2.75) is 45.8 Å². The van der Waals surface area contributed by atoms with Crippen molar-refractivity contribution in [3.8, 4) is 5.75 Å². The van der Waals surface area contributed by atoms with Crippen LogP contribution < -0.4 is 14.5 Å². The molecule has 0 saturated carbocycles. The normalized spacial score (nSPS) is 17.1. The second-order valence-electron chi connectivity index (χ2n) is 9.22. The van der Waals surface area contributed by atoms with Gasteiger partial charge in [-0.25, -0.2) is 0 Å². The Kier molecular flexibility index (Phi) is 8.99. The van der Waals surface area contributed by atoms with Crippen molar-refractivity contribution in [2.75, 3.05) is 49.1 Å². The summed E-state index contributed by atoms with van der Waals surface area (Å²) in [5.41, 5.74) is 2.82. The predicted octanol–water partition coefficient (Wildman–Crippen LogP) is 5.16. The molecule has 1 fully saturated rings. The molecule has 2 heterocycles. The first kappa shape index (κ1) is 26.6. The summed E-state index contributed by atoms with van der Waals surface area (Å²) in [6.45, 7) is 8.50. The number of amides is 1. The maximum absolute atomic E-state index is 12.5. The fourth-order valence-corrected chi connectivity index (χ4v) is 5.25. The van der Waals surface area contributed by atoms with Crippen LogP contribution in [0.2, 0.25) is 10.0 Å². The van der Waals surface area contributed by atoms with Gasteiger partial charge in [0.25, 0.3) is 0 Å². The van der Waals surface area contributed by atoms with E-state index < -0.39 is 12.2 Å². The van der Waals surface area contributed by atoms with Gasteiger partial charge < -0.3 is 14.4 Å². The van der Waals surface area contributed by atoms with Crippen LogP contribution in [0.3, 0.4) is 0 Å². The minimum absolute atomic E-state index is 0.0499. The molecule has 0 radical (unpaired) electrons. The van der Waals surface area contributed by atoms with E-state index in [-0.39, 0.29) is 5.91 Å². The number of carbonyl (C=O) groups is 2. The molecule has 0 bridgehead atoms. The molecule has 7 nitrogen and oxygen atoms in total. The van der Waals surface area contributed by atoms with Crippen LogP contribution in [0.15, 0.2) is 36.4 Å². The highest BCUT2D eigenvalue weighted by atomic mass is 35.5. The van der Waals surface area contributed by atoms with Gasteiger partial charge in [0.15, 0.2) is 6.23 Å². The first-order valence-electron chi connectivity index (χ1n) is 12.5. The lowest BCUT2D eigenvalue weighted by Gasteiger charge is -2.36. The number of aryl methyl sites for hydroxylation is 1. The summed E-state index contributed by atoms with van der Waals surface area (Å²) >= 11 is 12.5. The zero-order chi connectivity index (χ0) is 25.7. The Morgan fingerprint density at radius 2 is 1.81 bits per heavy atom. The van der Waals surface area contributed by atoms with Crippen LogP contribution in [0.25, 0.3) is 0 Å². The fourth-order valence-electron chi connectivity index (χ4n) is 4.83. The maximum Gasteiger partial charge on any atom is 0.304 e. The molecule has 2 aliphatic heterocycles. The molecule has 2 aliphatic rings. The third-order valence-electron chi connectivity index (χ3n) is 6.67. The van der Waals surface area contributed by atoms with Crippen LogP contribution in [-0.2, 0) is 20.7 Å². The Morgan fingerprint density at radius 1 is 1.03 bits per heavy atom. The summed E-state index contributed by atoms with van der Waals surface area (Å²) in [4.78, 5) is 30.3. The van der Waals surface area contributed by atoms with Gasteiger partial charge in [0, 0.05) is 45.6 Å². The van der Waals surface area contributed by atoms with Crippen LogP contribution in [-0.4, -0.2) is 62.3 Å². The van der Waals surface area contributed by atoms with E-state index >= 15 is 0 Å². The Labute approximate surface area is 222 Å². The number of nitrogens with zero attached hydrogens (tertiary/aromatic N) is 3. The number of esters is 1. The van der Waals surface area contributed by atoms with Gasteiger partial charge in [0.1, 0.15) is 5.75 Å². The van der Waals surface area contributed by atoms with Gasteiger partial charge >= 0.3 is 5.97 Å². The first-order valence-corrected chi connectivity index (χ1v) is 13.3. The quantitative estimate of drug-likeness (QED) is 0.327. The van der Waals surface area contributed by atoms with Crippen LogP contribution in [0, 0.1) is 0 Å². The Morgan fingerprint density at radius 3 is 2.56 bits per heavy atom. The van der Waals surface area contributed by atoms with Gasteiger partial charge in [-0.15, -0.1) is 0 Å². The average Bonchev–Trinajstić information content (AvgIpc) is 2.85. The summed E-state index contributed by atoms with van der Waals surface area (Å²) in [5.74, 6) is 0.256. The maximum atomic E-state index is 12.5. The van der Waals surface area contributed by atoms with Crippen LogP contribution in [0.5, 0.6) is 5.75 Å². The van der Waals surface area contributed by atoms with Gasteiger partial charge in [-0.3, -0.25) is 19.4 Å². The third kappa shape index (κ3) is 6.44. The van der Waals surface area contributed by atoms with Gasteiger partial charge in [-0.05, 0) is 56.5 Å². The monoisotopic (exact) mass is 533 g/mol. The molecule has 194 valence electrons. The second-order valence-corrected chi connectivity index (χ2v) is 10.0. The van der Waals surface area contributed by atoms with Gasteiger partial charge in [-0.1, -0.05) is 35.3 Å². The largest absolute Gasteiger partial charge is 0.494 e. The lowest BCUT2D eigenvalue weighted by molar-refractivity contribution is -0.146. The van der Waals surface area contributed by atoms with Gasteiger partial charge in [0.2, 0.25) is 5.91 Å². The van der Waals surface area contributed by atoms with E-state index in [1.165, 1.54) is 6.92 Å². The SMILES string of the molecule is CC(=O)OC(C)N1C(=O)CCc2ccc(OCCCCN3CCN(c4cccc(Cl)c4Cl)CC3)cc21. The molecular formula is C27H33Cl2N3O4. The second kappa shape index (κ2) is 12.2. The number of halogens is 2. The minimum atomic E-state index is -0.653. The number of unbranched alkanes of at least 4 members (excludes halogenated alkanes) is 1. The number of hydrogen-bond donors (Lipinski definition) is 0. The fraction of sp³-hybridized carbons (Fsp3) is 0.481. The molecule has 2 aromatic rings. The van der Waals surface area contributed by atoms with E-state index in [1.807, 2.05) is 36.4 Å². The van der Waals surface area contributed by atoms with Crippen LogP contribution in [0.1, 0.15) is 38.7 Å². The van der Waals surface area contributed by atoms with Crippen molar-refractivity contribution in [1.82, 2.24) is 4.90 Å². The molecule has 1 atom stereocenters. The highest BCUT2D eigenvalue weighted by Crippen LogP contribution is 2.34. The standard InChI is InChI=1S/C27H33Cl2N3O4/c1-19(36-20(2)33)32-25-18-22(10-8-21(25)9-11-26(32)34)35-17-4-3-12-30-13-15-31(16-14-30)24-7-5-6-23(28)27(24)29/h5-8,10,18-19H,3-4,9,11-17H2,1-2H3. The minimum Gasteiger partial charge on any atom is -0.494 e. The number of rotatable bonds is 9. The number of carbonyl (C=O) groups excluding carboxylic acids is 2. The lowest BCUT2D eigenvalue weighted by Crippen LogP contribution is -2.46. The topological polar surface area (TPSA) is 62.3 Å². The predicted molar refractivity (Wildman–Crippen MR) is 143 cm³/mol. The van der Waals surface area contributed by atoms with Crippen LogP contribution >= 0.6 is 23.2 Å². The number of benzene rings is 2. The number of ether oxygens (including phenoxy) is 2. The lowest BCUT2D eigenvalue weighted by atomic mass is 10.0. The molecule has 0 aliphatic carbocycles.